The maximum absolute atomic E-state index is 5.04. The highest BCUT2D eigenvalue weighted by molar-refractivity contribution is 7.80. The van der Waals surface area contributed by atoms with Crippen LogP contribution in [-0.4, -0.2) is 30.5 Å². The van der Waals surface area contributed by atoms with Crippen LogP contribution in [0.5, 0.6) is 0 Å². The number of nitrogens with one attached hydrogen (secondary N) is 2. The zero-order valence-corrected chi connectivity index (χ0v) is 9.69. The minimum Gasteiger partial charge on any atom is -0.383 e. The van der Waals surface area contributed by atoms with E-state index in [2.05, 4.69) is 15.8 Å². The molecule has 0 radical (unpaired) electrons. The lowest BCUT2D eigenvalue weighted by Crippen LogP contribution is -2.36. The van der Waals surface area contributed by atoms with Gasteiger partial charge < -0.3 is 19.9 Å². The van der Waals surface area contributed by atoms with Crippen LogP contribution in [0.25, 0.3) is 0 Å². The van der Waals surface area contributed by atoms with Crippen molar-refractivity contribution in [2.24, 2.45) is 0 Å². The van der Waals surface area contributed by atoms with Gasteiger partial charge in [0, 0.05) is 19.7 Å². The van der Waals surface area contributed by atoms with Crippen LogP contribution in [0, 0.1) is 6.92 Å². The van der Waals surface area contributed by atoms with E-state index in [1.807, 2.05) is 13.0 Å². The van der Waals surface area contributed by atoms with Crippen LogP contribution >= 0.6 is 12.2 Å². The van der Waals surface area contributed by atoms with Gasteiger partial charge in [-0.2, -0.15) is 0 Å². The van der Waals surface area contributed by atoms with Gasteiger partial charge in [-0.3, -0.25) is 0 Å². The highest BCUT2D eigenvalue weighted by atomic mass is 32.1. The van der Waals surface area contributed by atoms with Gasteiger partial charge in [0.1, 0.15) is 11.5 Å². The molecule has 1 aromatic heterocycles. The fourth-order valence-corrected chi connectivity index (χ4v) is 1.18. The van der Waals surface area contributed by atoms with Crippen LogP contribution in [0.3, 0.4) is 0 Å². The van der Waals surface area contributed by atoms with Crippen molar-refractivity contribution in [2.75, 3.05) is 20.3 Å². The first-order valence-corrected chi connectivity index (χ1v) is 5.06. The van der Waals surface area contributed by atoms with Crippen LogP contribution in [-0.2, 0) is 11.3 Å². The van der Waals surface area contributed by atoms with E-state index in [1.165, 1.54) is 0 Å². The predicted molar refractivity (Wildman–Crippen MR) is 60.6 cm³/mol. The summed E-state index contributed by atoms with van der Waals surface area (Å²) in [7, 11) is 1.65. The Hall–Kier alpha value is -1.14. The second kappa shape index (κ2) is 6.36. The number of hydrogen-bond donors (Lipinski definition) is 2. The lowest BCUT2D eigenvalue weighted by molar-refractivity contribution is 0.204. The summed E-state index contributed by atoms with van der Waals surface area (Å²) in [5, 5.41) is 10.4. The molecule has 1 heterocycles. The van der Waals surface area contributed by atoms with Crippen LogP contribution in [0.15, 0.2) is 10.6 Å². The van der Waals surface area contributed by atoms with Crippen molar-refractivity contribution in [3.05, 3.63) is 17.5 Å². The van der Waals surface area contributed by atoms with Gasteiger partial charge in [0.25, 0.3) is 0 Å². The van der Waals surface area contributed by atoms with Gasteiger partial charge in [-0.15, -0.1) is 0 Å². The van der Waals surface area contributed by atoms with Crippen molar-refractivity contribution in [3.8, 4) is 0 Å². The van der Waals surface area contributed by atoms with Crippen molar-refractivity contribution >= 4 is 17.3 Å². The van der Waals surface area contributed by atoms with E-state index >= 15 is 0 Å². The summed E-state index contributed by atoms with van der Waals surface area (Å²) in [6.45, 7) is 3.74. The molecule has 0 unspecified atom stereocenters. The minimum atomic E-state index is 0.566. The molecule has 0 aliphatic rings. The van der Waals surface area contributed by atoms with E-state index < -0.39 is 0 Å². The van der Waals surface area contributed by atoms with E-state index in [0.29, 0.717) is 24.8 Å². The Morgan fingerprint density at radius 1 is 1.60 bits per heavy atom. The van der Waals surface area contributed by atoms with E-state index in [4.69, 9.17) is 21.5 Å². The molecular weight excluding hydrogens is 214 g/mol. The largest absolute Gasteiger partial charge is 0.383 e. The topological polar surface area (TPSA) is 59.3 Å². The number of nitrogens with zero attached hydrogens (tertiary/aromatic N) is 1. The van der Waals surface area contributed by atoms with Crippen molar-refractivity contribution in [2.45, 2.75) is 13.5 Å². The van der Waals surface area contributed by atoms with Crippen LogP contribution in [0.1, 0.15) is 11.5 Å². The summed E-state index contributed by atoms with van der Waals surface area (Å²) < 4.78 is 9.80. The predicted octanol–water partition coefficient (Wildman–Crippen LogP) is 0.594. The Morgan fingerprint density at radius 3 is 3.00 bits per heavy atom. The number of hydrogen-bond acceptors (Lipinski definition) is 4. The number of methoxy groups -OCH3 is 1. The summed E-state index contributed by atoms with van der Waals surface area (Å²) >= 11 is 5.04. The molecule has 84 valence electrons. The second-order valence-corrected chi connectivity index (χ2v) is 3.44. The Kier molecular flexibility index (Phi) is 5.06. The van der Waals surface area contributed by atoms with Crippen LogP contribution in [0.2, 0.25) is 0 Å². The van der Waals surface area contributed by atoms with Gasteiger partial charge in [0.2, 0.25) is 0 Å². The molecule has 0 amide bonds. The number of rotatable bonds is 5. The Morgan fingerprint density at radius 2 is 2.40 bits per heavy atom. The molecular formula is C9H15N3O2S. The first-order valence-electron chi connectivity index (χ1n) is 4.65. The Bertz CT molecular complexity index is 314. The quantitative estimate of drug-likeness (QED) is 0.569. The summed E-state index contributed by atoms with van der Waals surface area (Å²) in [5.41, 5.74) is 0.836. The number of aromatic nitrogens is 1. The maximum atomic E-state index is 5.04. The SMILES string of the molecule is COCCNC(=S)NCc1cc(C)on1. The lowest BCUT2D eigenvalue weighted by atomic mass is 10.4. The van der Waals surface area contributed by atoms with E-state index in [-0.39, 0.29) is 0 Å². The number of thiocarbonyl (C=S) groups is 1. The van der Waals surface area contributed by atoms with Gasteiger partial charge in [-0.25, -0.2) is 0 Å². The van der Waals surface area contributed by atoms with Gasteiger partial charge in [0.05, 0.1) is 13.2 Å². The molecule has 0 bridgehead atoms. The molecule has 0 saturated carbocycles. The molecule has 0 fully saturated rings. The summed E-state index contributed by atoms with van der Waals surface area (Å²) in [5.74, 6) is 0.796. The molecule has 0 aromatic carbocycles. The first kappa shape index (κ1) is 11.9. The third-order valence-corrected chi connectivity index (χ3v) is 1.99. The average Bonchev–Trinajstić information content (AvgIpc) is 2.62. The first-order chi connectivity index (χ1) is 7.22. The van der Waals surface area contributed by atoms with Gasteiger partial charge in [-0.1, -0.05) is 5.16 Å². The highest BCUT2D eigenvalue weighted by Crippen LogP contribution is 2.00. The third kappa shape index (κ3) is 4.75. The van der Waals surface area contributed by atoms with Crippen LogP contribution < -0.4 is 10.6 Å². The fraction of sp³-hybridized carbons (Fsp3) is 0.556. The normalized spacial score (nSPS) is 10.0. The Labute approximate surface area is 94.2 Å². The minimum absolute atomic E-state index is 0.566. The summed E-state index contributed by atoms with van der Waals surface area (Å²) in [4.78, 5) is 0. The van der Waals surface area contributed by atoms with Crippen molar-refractivity contribution < 1.29 is 9.26 Å². The molecule has 0 spiro atoms. The summed E-state index contributed by atoms with van der Waals surface area (Å²) in [6, 6.07) is 1.87. The molecule has 15 heavy (non-hydrogen) atoms. The van der Waals surface area contributed by atoms with E-state index in [1.54, 1.807) is 7.11 Å². The number of ether oxygens (including phenoxy) is 1. The molecule has 6 heteroatoms. The van der Waals surface area contributed by atoms with Crippen molar-refractivity contribution in [3.63, 3.8) is 0 Å². The van der Waals surface area contributed by atoms with Gasteiger partial charge >= 0.3 is 0 Å². The lowest BCUT2D eigenvalue weighted by Gasteiger charge is -2.08. The van der Waals surface area contributed by atoms with E-state index in [0.717, 1.165) is 11.5 Å². The third-order valence-electron chi connectivity index (χ3n) is 1.70. The van der Waals surface area contributed by atoms with Crippen molar-refractivity contribution in [1.82, 2.24) is 15.8 Å². The van der Waals surface area contributed by atoms with E-state index in [9.17, 15) is 0 Å². The molecule has 0 saturated heterocycles. The van der Waals surface area contributed by atoms with Crippen molar-refractivity contribution in [1.29, 1.82) is 0 Å². The zero-order chi connectivity index (χ0) is 11.1. The monoisotopic (exact) mass is 229 g/mol. The molecule has 2 N–H and O–H groups in total. The second-order valence-electron chi connectivity index (χ2n) is 3.03. The summed E-state index contributed by atoms with van der Waals surface area (Å²) in [6.07, 6.45) is 0. The average molecular weight is 229 g/mol. The molecule has 5 nitrogen and oxygen atoms in total. The molecule has 1 aromatic rings. The maximum Gasteiger partial charge on any atom is 0.166 e. The fourth-order valence-electron chi connectivity index (χ4n) is 1.00. The highest BCUT2D eigenvalue weighted by Gasteiger charge is 2.00. The zero-order valence-electron chi connectivity index (χ0n) is 8.87. The Balaban J connectivity index is 2.16. The smallest absolute Gasteiger partial charge is 0.166 e. The molecule has 0 atom stereocenters. The van der Waals surface area contributed by atoms with Crippen LogP contribution in [0.4, 0.5) is 0 Å². The number of aryl methyl sites for hydroxylation is 1. The molecule has 1 rings (SSSR count). The van der Waals surface area contributed by atoms with Gasteiger partial charge in [-0.05, 0) is 19.1 Å². The molecule has 0 aliphatic carbocycles. The standard InChI is InChI=1S/C9H15N3O2S/c1-7-5-8(12-14-7)6-11-9(15)10-3-4-13-2/h5H,3-4,6H2,1-2H3,(H2,10,11,15). The molecule has 0 aliphatic heterocycles. The van der Waals surface area contributed by atoms with Gasteiger partial charge in [0.15, 0.2) is 5.11 Å².